The molecule has 1 saturated heterocycles. The first-order valence-corrected chi connectivity index (χ1v) is 17.2. The molecule has 0 radical (unpaired) electrons. The molecule has 1 rings (SSSR count). The topological polar surface area (TPSA) is 55.8 Å². The normalized spacial score (nSPS) is 17.8. The number of aliphatic hydroxyl groups is 1. The first-order valence-electron chi connectivity index (χ1n) is 9.75. The summed E-state index contributed by atoms with van der Waals surface area (Å²) in [7, 11) is -1.87. The molecule has 0 spiro atoms. The summed E-state index contributed by atoms with van der Waals surface area (Å²) in [5, 5.41) is 9.69. The minimum Gasteiger partial charge on any atom is -0.527 e. The van der Waals surface area contributed by atoms with Gasteiger partial charge >= 0.3 is 31.1 Å². The number of allylic oxidation sites excluding steroid dienone is 2. The number of aliphatic hydroxyl groups excluding tert-OH is 1. The van der Waals surface area contributed by atoms with E-state index in [9.17, 15) is 9.90 Å². The van der Waals surface area contributed by atoms with E-state index in [1.54, 1.807) is 6.42 Å². The van der Waals surface area contributed by atoms with Gasteiger partial charge in [0.1, 0.15) is 0 Å². The van der Waals surface area contributed by atoms with Gasteiger partial charge in [-0.15, -0.1) is 23.6 Å². The second-order valence-electron chi connectivity index (χ2n) is 9.10. The van der Waals surface area contributed by atoms with Crippen molar-refractivity contribution < 1.29 is 81.6 Å². The number of carbonyl (C=O) groups is 1. The van der Waals surface area contributed by atoms with E-state index in [0.717, 1.165) is 17.7 Å². The first kappa shape index (κ1) is 35.0. The minimum absolute atomic E-state index is 0. The number of carbonyl (C=O) groups excluding carboxylic acids is 1. The van der Waals surface area contributed by atoms with Crippen LogP contribution in [0.5, 0.6) is 0 Å². The summed E-state index contributed by atoms with van der Waals surface area (Å²) in [6.45, 7) is 20.4. The molecule has 29 heavy (non-hydrogen) atoms. The summed E-state index contributed by atoms with van der Waals surface area (Å²) < 4.78 is 10.3. The number of hydrogen-bond donors (Lipinski definition) is 1. The van der Waals surface area contributed by atoms with E-state index in [1.807, 2.05) is 13.0 Å². The van der Waals surface area contributed by atoms with Crippen LogP contribution >= 0.6 is 0 Å². The molecule has 164 valence electrons. The van der Waals surface area contributed by atoms with Gasteiger partial charge in [0, 0.05) is 60.2 Å². The van der Waals surface area contributed by atoms with E-state index >= 15 is 0 Å². The zero-order valence-electron chi connectivity index (χ0n) is 19.4. The van der Waals surface area contributed by atoms with Crippen molar-refractivity contribution >= 4 is 22.1 Å². The summed E-state index contributed by atoms with van der Waals surface area (Å²) >= 11 is 0. The Morgan fingerprint density at radius 1 is 1.28 bits per heavy atom. The molecule has 1 aliphatic rings. The van der Waals surface area contributed by atoms with Crippen molar-refractivity contribution in [3.05, 3.63) is 36.6 Å². The van der Waals surface area contributed by atoms with Gasteiger partial charge < -0.3 is 26.3 Å². The third-order valence-electron chi connectivity index (χ3n) is 3.94. The predicted octanol–water partition coefficient (Wildman–Crippen LogP) is 5.04. The molecule has 0 bridgehead atoms. The van der Waals surface area contributed by atoms with Gasteiger partial charge in [-0.1, -0.05) is 46.2 Å². The van der Waals surface area contributed by atoms with Crippen LogP contribution in [0, 0.1) is 81.6 Å². The monoisotopic (exact) mass is 887 g/mol. The smallest absolute Gasteiger partial charge is 0.527 e. The van der Waals surface area contributed by atoms with Crippen LogP contribution in [0.3, 0.4) is 0 Å². The van der Waals surface area contributed by atoms with Crippen LogP contribution in [0.1, 0.15) is 19.8 Å². The molecule has 0 unspecified atom stereocenters. The number of esters is 1. The van der Waals surface area contributed by atoms with Gasteiger partial charge in [-0.05, 0) is 6.04 Å². The van der Waals surface area contributed by atoms with E-state index in [2.05, 4.69) is 52.3 Å². The summed E-state index contributed by atoms with van der Waals surface area (Å²) in [5.41, 5.74) is 1.41. The minimum atomic E-state index is -1.12. The predicted molar refractivity (Wildman–Crippen MR) is 119 cm³/mol. The van der Waals surface area contributed by atoms with Crippen molar-refractivity contribution in [2.24, 2.45) is 0 Å². The van der Waals surface area contributed by atoms with Crippen molar-refractivity contribution in [2.75, 3.05) is 13.2 Å². The van der Waals surface area contributed by atoms with E-state index < -0.39 is 22.4 Å². The quantitative estimate of drug-likeness (QED) is 0.0883. The second-order valence-corrected chi connectivity index (χ2v) is 20.3. The Kier molecular flexibility index (Phi) is 21.6. The zero-order valence-corrected chi connectivity index (χ0v) is 29.7. The van der Waals surface area contributed by atoms with Gasteiger partial charge in [0.05, 0.1) is 6.61 Å². The van der Waals surface area contributed by atoms with Crippen molar-refractivity contribution in [1.82, 2.24) is 0 Å². The largest absolute Gasteiger partial charge is 2.00 e. The average Bonchev–Trinajstić information content (AvgIpc) is 2.90. The standard InChI is InChI=1S/C16H26O4Si.C5H13Si.2U/c1-5-13-12-20-16(18)14(13)8-6-7-9-15(17)19-10-11-21(2,3)4;1-5-6(2,3)4;;/h5,9,15,17H,6-7,10-12H2,1-4H3;1,5H2,2-4H3;;/q-2;-1;;+2/b13-5+;;;/t15-;;;/m0.../s1. The van der Waals surface area contributed by atoms with Crippen LogP contribution in [0.2, 0.25) is 51.4 Å². The van der Waals surface area contributed by atoms with E-state index in [1.165, 1.54) is 0 Å². The molecule has 0 aromatic heterocycles. The van der Waals surface area contributed by atoms with E-state index in [4.69, 9.17) is 9.47 Å². The van der Waals surface area contributed by atoms with Gasteiger partial charge in [0.2, 0.25) is 5.97 Å². The van der Waals surface area contributed by atoms with Crippen molar-refractivity contribution in [2.45, 2.75) is 77.4 Å². The Hall–Kier alpha value is 1.41. The van der Waals surface area contributed by atoms with Gasteiger partial charge in [0.15, 0.2) is 0 Å². The fourth-order valence-electron chi connectivity index (χ4n) is 1.81. The molecule has 1 N–H and O–H groups in total. The summed E-state index contributed by atoms with van der Waals surface area (Å²) in [6.07, 6.45) is 6.95. The average molecular weight is 888 g/mol. The number of rotatable bonds is 9. The van der Waals surface area contributed by atoms with Gasteiger partial charge in [0.25, 0.3) is 0 Å². The second kappa shape index (κ2) is 17.9. The number of hydrogen-bond acceptors (Lipinski definition) is 4. The molecule has 1 fully saturated rings. The van der Waals surface area contributed by atoms with Crippen LogP contribution in [0.15, 0.2) is 17.2 Å². The molecule has 0 amide bonds. The molecule has 0 aromatic carbocycles. The molecule has 0 aliphatic carbocycles. The molecule has 0 aromatic rings. The Morgan fingerprint density at radius 3 is 2.28 bits per heavy atom. The molecule has 1 heterocycles. The summed E-state index contributed by atoms with van der Waals surface area (Å²) in [6, 6.07) is 2.19. The van der Waals surface area contributed by atoms with E-state index in [-0.39, 0.29) is 68.2 Å². The number of cyclic esters (lactones) is 1. The van der Waals surface area contributed by atoms with Crippen LogP contribution < -0.4 is 0 Å². The molecule has 4 nitrogen and oxygen atoms in total. The fraction of sp³-hybridized carbons (Fsp3) is 0.667. The third kappa shape index (κ3) is 19.8. The molecular formula is C21H39O4Si2U2-. The molecular weight excluding hydrogens is 848 g/mol. The SMILES string of the molecule is C/C=C1\COC(=O)C1=[C-]CC[CH-][C@@H](O)OCC[Si](C)(C)C.[CH2-]C[Si](C)(C)C.[U+2].[U]. The van der Waals surface area contributed by atoms with Crippen molar-refractivity contribution in [3.8, 4) is 0 Å². The number of ether oxygens (including phenoxy) is 2. The van der Waals surface area contributed by atoms with Crippen LogP contribution in [-0.2, 0) is 14.3 Å². The van der Waals surface area contributed by atoms with Crippen LogP contribution in [-0.4, -0.2) is 46.7 Å². The molecule has 0 saturated carbocycles. The Balaban J connectivity index is -0.000000739. The van der Waals surface area contributed by atoms with Crippen molar-refractivity contribution in [1.29, 1.82) is 0 Å². The Morgan fingerprint density at radius 2 is 1.83 bits per heavy atom. The molecule has 8 heteroatoms. The summed E-state index contributed by atoms with van der Waals surface area (Å²) in [5.74, 6) is -0.310. The maximum atomic E-state index is 11.5. The van der Waals surface area contributed by atoms with Gasteiger partial charge in [-0.3, -0.25) is 6.42 Å². The van der Waals surface area contributed by atoms with Crippen molar-refractivity contribution in [3.63, 3.8) is 0 Å². The Bertz CT molecular complexity index is 510. The zero-order chi connectivity index (χ0) is 21.1. The first-order chi connectivity index (χ1) is 12.4. The number of unbranched alkanes of at least 4 members (excludes halogenated alkanes) is 1. The van der Waals surface area contributed by atoms with E-state index in [0.29, 0.717) is 31.6 Å². The summed E-state index contributed by atoms with van der Waals surface area (Å²) in [4.78, 5) is 11.5. The van der Waals surface area contributed by atoms with Gasteiger partial charge in [-0.2, -0.15) is 18.5 Å². The molecule has 1 aliphatic heterocycles. The third-order valence-corrected chi connectivity index (χ3v) is 7.14. The van der Waals surface area contributed by atoms with Gasteiger partial charge in [-0.25, -0.2) is 0 Å². The fourth-order valence-corrected chi connectivity index (χ4v) is 2.54. The Labute approximate surface area is 228 Å². The molecule has 1 atom stereocenters. The van der Waals surface area contributed by atoms with Crippen LogP contribution in [0.4, 0.5) is 0 Å². The maximum Gasteiger partial charge on any atom is 2.00 e. The maximum absolute atomic E-state index is 11.5. The van der Waals surface area contributed by atoms with Crippen LogP contribution in [0.25, 0.3) is 0 Å².